The smallest absolute Gasteiger partial charge is 0.273 e. The van der Waals surface area contributed by atoms with E-state index in [1.165, 1.54) is 0 Å². The molecule has 3 heterocycles. The summed E-state index contributed by atoms with van der Waals surface area (Å²) in [5.41, 5.74) is 4.66. The van der Waals surface area contributed by atoms with E-state index in [1.54, 1.807) is 34.5 Å². The molecule has 4 aromatic rings. The summed E-state index contributed by atoms with van der Waals surface area (Å²) in [5.74, 6) is 1.02. The van der Waals surface area contributed by atoms with Gasteiger partial charge in [-0.15, -0.1) is 0 Å². The minimum Gasteiger partial charge on any atom is -0.454 e. The molecule has 5 rings (SSSR count). The first-order valence-corrected chi connectivity index (χ1v) is 10.6. The number of anilines is 1. The SMILES string of the molecule is Cc1ccc(-n2nc(C)c3nc(CCC(=O)Nc4ccc5c(c4)OCO5)c(=O)n(C)c32)cc1. The molecule has 1 aliphatic heterocycles. The Morgan fingerprint density at radius 2 is 1.85 bits per heavy atom. The lowest BCUT2D eigenvalue weighted by atomic mass is 10.2. The third-order valence-electron chi connectivity index (χ3n) is 5.64. The van der Waals surface area contributed by atoms with E-state index in [-0.39, 0.29) is 31.1 Å². The van der Waals surface area contributed by atoms with Crippen molar-refractivity contribution in [3.63, 3.8) is 0 Å². The Balaban J connectivity index is 1.38. The van der Waals surface area contributed by atoms with E-state index in [9.17, 15) is 9.59 Å². The zero-order valence-electron chi connectivity index (χ0n) is 18.6. The van der Waals surface area contributed by atoms with Crippen molar-refractivity contribution < 1.29 is 14.3 Å². The van der Waals surface area contributed by atoms with Gasteiger partial charge in [0, 0.05) is 31.6 Å². The molecule has 0 atom stereocenters. The van der Waals surface area contributed by atoms with Gasteiger partial charge in [-0.25, -0.2) is 9.67 Å². The number of aromatic nitrogens is 4. The fraction of sp³-hybridized carbons (Fsp3) is 0.250. The third-order valence-corrected chi connectivity index (χ3v) is 5.64. The van der Waals surface area contributed by atoms with Crippen LogP contribution in [0.4, 0.5) is 5.69 Å². The molecule has 0 bridgehead atoms. The van der Waals surface area contributed by atoms with E-state index in [0.717, 1.165) is 11.3 Å². The van der Waals surface area contributed by atoms with Crippen molar-refractivity contribution in [3.05, 3.63) is 69.8 Å². The first-order chi connectivity index (χ1) is 15.9. The van der Waals surface area contributed by atoms with Crippen LogP contribution >= 0.6 is 0 Å². The molecule has 0 spiro atoms. The van der Waals surface area contributed by atoms with Gasteiger partial charge in [-0.2, -0.15) is 5.10 Å². The van der Waals surface area contributed by atoms with Gasteiger partial charge in [0.05, 0.1) is 11.4 Å². The Hall–Kier alpha value is -4.14. The van der Waals surface area contributed by atoms with Crippen molar-refractivity contribution in [3.8, 4) is 17.2 Å². The van der Waals surface area contributed by atoms with Gasteiger partial charge in [-0.05, 0) is 38.1 Å². The highest BCUT2D eigenvalue weighted by Gasteiger charge is 2.19. The topological polar surface area (TPSA) is 100 Å². The fourth-order valence-electron chi connectivity index (χ4n) is 3.87. The molecule has 0 radical (unpaired) electrons. The van der Waals surface area contributed by atoms with Crippen molar-refractivity contribution in [2.24, 2.45) is 7.05 Å². The zero-order chi connectivity index (χ0) is 23.1. The first-order valence-electron chi connectivity index (χ1n) is 10.6. The van der Waals surface area contributed by atoms with Crippen molar-refractivity contribution in [2.45, 2.75) is 26.7 Å². The normalized spacial score (nSPS) is 12.3. The molecule has 0 fully saturated rings. The predicted octanol–water partition coefficient (Wildman–Crippen LogP) is 3.04. The van der Waals surface area contributed by atoms with Crippen LogP contribution in [0.25, 0.3) is 16.9 Å². The van der Waals surface area contributed by atoms with Crippen molar-refractivity contribution in [2.75, 3.05) is 12.1 Å². The highest BCUT2D eigenvalue weighted by molar-refractivity contribution is 5.91. The van der Waals surface area contributed by atoms with Gasteiger partial charge in [0.15, 0.2) is 17.1 Å². The molecule has 0 saturated carbocycles. The lowest BCUT2D eigenvalue weighted by molar-refractivity contribution is -0.116. The summed E-state index contributed by atoms with van der Waals surface area (Å²) < 4.78 is 13.9. The van der Waals surface area contributed by atoms with Crippen LogP contribution in [0, 0.1) is 13.8 Å². The number of hydrogen-bond acceptors (Lipinski definition) is 6. The van der Waals surface area contributed by atoms with Gasteiger partial charge in [-0.3, -0.25) is 14.2 Å². The summed E-state index contributed by atoms with van der Waals surface area (Å²) >= 11 is 0. The first kappa shape index (κ1) is 20.7. The molecule has 168 valence electrons. The van der Waals surface area contributed by atoms with Crippen LogP contribution in [0.3, 0.4) is 0 Å². The number of carbonyl (C=O) groups excluding carboxylic acids is 1. The van der Waals surface area contributed by atoms with Gasteiger partial charge < -0.3 is 14.8 Å². The maximum Gasteiger partial charge on any atom is 0.273 e. The van der Waals surface area contributed by atoms with E-state index >= 15 is 0 Å². The Bertz CT molecular complexity index is 1440. The minimum atomic E-state index is -0.244. The van der Waals surface area contributed by atoms with Gasteiger partial charge in [0.1, 0.15) is 11.2 Å². The van der Waals surface area contributed by atoms with E-state index < -0.39 is 0 Å². The average molecular weight is 445 g/mol. The maximum absolute atomic E-state index is 13.0. The van der Waals surface area contributed by atoms with E-state index in [1.807, 2.05) is 38.1 Å². The number of amides is 1. The zero-order valence-corrected chi connectivity index (χ0v) is 18.6. The van der Waals surface area contributed by atoms with Crippen LogP contribution in [0.1, 0.15) is 23.4 Å². The Morgan fingerprint density at radius 1 is 1.09 bits per heavy atom. The Morgan fingerprint density at radius 3 is 2.64 bits per heavy atom. The van der Waals surface area contributed by atoms with Crippen molar-refractivity contribution in [1.29, 1.82) is 0 Å². The summed E-state index contributed by atoms with van der Waals surface area (Å²) in [6.07, 6.45) is 0.335. The summed E-state index contributed by atoms with van der Waals surface area (Å²) in [4.78, 5) is 30.1. The number of nitrogens with one attached hydrogen (secondary N) is 1. The molecule has 1 aliphatic rings. The second-order valence-corrected chi connectivity index (χ2v) is 8.04. The van der Waals surface area contributed by atoms with E-state index in [0.29, 0.717) is 39.7 Å². The standard InChI is InChI=1S/C24H23N5O4/c1-14-4-7-17(8-5-14)29-23-22(15(2)27-29)26-18(24(31)28(23)3)9-11-21(30)25-16-6-10-19-20(12-16)33-13-32-19/h4-8,10,12H,9,11,13H2,1-3H3,(H,25,30). The number of rotatable bonds is 5. The molecule has 9 nitrogen and oxygen atoms in total. The second-order valence-electron chi connectivity index (χ2n) is 8.04. The molecular formula is C24H23N5O4. The van der Waals surface area contributed by atoms with E-state index in [2.05, 4.69) is 15.4 Å². The third kappa shape index (κ3) is 3.82. The van der Waals surface area contributed by atoms with Gasteiger partial charge in [-0.1, -0.05) is 17.7 Å². The molecule has 2 aromatic carbocycles. The van der Waals surface area contributed by atoms with E-state index in [4.69, 9.17) is 9.47 Å². The van der Waals surface area contributed by atoms with Crippen LogP contribution in [-0.4, -0.2) is 32.0 Å². The molecule has 0 saturated heterocycles. The highest BCUT2D eigenvalue weighted by atomic mass is 16.7. The number of benzene rings is 2. The summed E-state index contributed by atoms with van der Waals surface area (Å²) in [6, 6.07) is 13.1. The average Bonchev–Trinajstić information content (AvgIpc) is 3.40. The molecule has 0 unspecified atom stereocenters. The highest BCUT2D eigenvalue weighted by Crippen LogP contribution is 2.34. The lowest BCUT2D eigenvalue weighted by Gasteiger charge is -2.09. The number of nitrogens with zero attached hydrogens (tertiary/aromatic N) is 4. The van der Waals surface area contributed by atoms with Crippen molar-refractivity contribution in [1.82, 2.24) is 19.3 Å². The fourth-order valence-corrected chi connectivity index (χ4v) is 3.87. The predicted molar refractivity (Wildman–Crippen MR) is 123 cm³/mol. The van der Waals surface area contributed by atoms with Crippen LogP contribution < -0.4 is 20.3 Å². The number of aryl methyl sites for hydroxylation is 4. The number of hydrogen-bond donors (Lipinski definition) is 1. The molecule has 2 aromatic heterocycles. The minimum absolute atomic E-state index is 0.118. The monoisotopic (exact) mass is 445 g/mol. The summed E-state index contributed by atoms with van der Waals surface area (Å²) in [5, 5.41) is 7.43. The lowest BCUT2D eigenvalue weighted by Crippen LogP contribution is -2.25. The number of fused-ring (bicyclic) bond motifs is 2. The largest absolute Gasteiger partial charge is 0.454 e. The quantitative estimate of drug-likeness (QED) is 0.507. The van der Waals surface area contributed by atoms with Crippen LogP contribution in [0.2, 0.25) is 0 Å². The Kier molecular flexibility index (Phi) is 5.08. The van der Waals surface area contributed by atoms with Crippen molar-refractivity contribution >= 4 is 22.8 Å². The molecule has 33 heavy (non-hydrogen) atoms. The maximum atomic E-state index is 13.0. The van der Waals surface area contributed by atoms with Gasteiger partial charge in [0.2, 0.25) is 12.7 Å². The molecule has 1 amide bonds. The summed E-state index contributed by atoms with van der Waals surface area (Å²) in [6.45, 7) is 4.05. The molecule has 0 aliphatic carbocycles. The van der Waals surface area contributed by atoms with Crippen LogP contribution in [0.5, 0.6) is 11.5 Å². The molecule has 1 N–H and O–H groups in total. The number of ether oxygens (including phenoxy) is 2. The molecule has 9 heteroatoms. The Labute approximate surface area is 189 Å². The number of carbonyl (C=O) groups is 1. The van der Waals surface area contributed by atoms with Crippen LogP contribution in [-0.2, 0) is 18.3 Å². The molecular weight excluding hydrogens is 422 g/mol. The van der Waals surface area contributed by atoms with Crippen LogP contribution in [0.15, 0.2) is 47.3 Å². The summed E-state index contributed by atoms with van der Waals surface area (Å²) in [7, 11) is 1.70. The van der Waals surface area contributed by atoms with Gasteiger partial charge in [0.25, 0.3) is 5.56 Å². The second kappa shape index (κ2) is 8.09. The van der Waals surface area contributed by atoms with Gasteiger partial charge >= 0.3 is 0 Å².